The van der Waals surface area contributed by atoms with Crippen LogP contribution in [0.25, 0.3) is 0 Å². The molecule has 9 heteroatoms. The first-order valence-corrected chi connectivity index (χ1v) is 10.8. The van der Waals surface area contributed by atoms with E-state index < -0.39 is 0 Å². The maximum absolute atomic E-state index is 12.6. The lowest BCUT2D eigenvalue weighted by molar-refractivity contribution is -0.130. The third-order valence-electron chi connectivity index (χ3n) is 6.18. The minimum Gasteiger partial charge on any atom is -0.381 e. The number of carbonyl (C=O) groups excluding carboxylic acids is 2. The summed E-state index contributed by atoms with van der Waals surface area (Å²) in [6, 6.07) is 0.863. The molecule has 2 saturated heterocycles. The van der Waals surface area contributed by atoms with Crippen LogP contribution in [0, 0.1) is 6.92 Å². The van der Waals surface area contributed by atoms with Crippen molar-refractivity contribution in [2.45, 2.75) is 58.2 Å². The zero-order chi connectivity index (χ0) is 21.5. The summed E-state index contributed by atoms with van der Waals surface area (Å²) in [5.74, 6) is 0.508. The lowest BCUT2D eigenvalue weighted by Crippen LogP contribution is -2.53. The second-order valence-electron chi connectivity index (χ2n) is 8.07. The Labute approximate surface area is 178 Å². The summed E-state index contributed by atoms with van der Waals surface area (Å²) >= 11 is 0. The number of likely N-dealkylation sites (tertiary alicyclic amines) is 1. The summed E-state index contributed by atoms with van der Waals surface area (Å²) in [5, 5.41) is 6.89. The lowest BCUT2D eigenvalue weighted by atomic mass is 9.98. The van der Waals surface area contributed by atoms with Gasteiger partial charge in [-0.1, -0.05) is 5.16 Å². The van der Waals surface area contributed by atoms with Crippen molar-refractivity contribution in [2.75, 3.05) is 46.5 Å². The molecule has 3 heterocycles. The number of amides is 2. The van der Waals surface area contributed by atoms with Crippen LogP contribution in [-0.2, 0) is 20.9 Å². The molecule has 9 nitrogen and oxygen atoms in total. The quantitative estimate of drug-likeness (QED) is 0.675. The summed E-state index contributed by atoms with van der Waals surface area (Å²) in [6.45, 7) is 8.14. The fourth-order valence-corrected chi connectivity index (χ4v) is 4.46. The van der Waals surface area contributed by atoms with Crippen molar-refractivity contribution in [3.8, 4) is 0 Å². The number of ether oxygens (including phenoxy) is 2. The summed E-state index contributed by atoms with van der Waals surface area (Å²) in [6.07, 6.45) is 3.93. The van der Waals surface area contributed by atoms with Gasteiger partial charge in [-0.25, -0.2) is 0 Å². The molecule has 0 bridgehead atoms. The maximum atomic E-state index is 12.6. The first-order valence-electron chi connectivity index (χ1n) is 10.8. The average molecular weight is 423 g/mol. The average Bonchev–Trinajstić information content (AvgIpc) is 3.12. The van der Waals surface area contributed by atoms with E-state index in [0.717, 1.165) is 58.5 Å². The van der Waals surface area contributed by atoms with Crippen molar-refractivity contribution in [1.82, 2.24) is 20.3 Å². The van der Waals surface area contributed by atoms with Gasteiger partial charge in [0.05, 0.1) is 12.2 Å². The van der Waals surface area contributed by atoms with E-state index in [1.165, 1.54) is 0 Å². The molecule has 1 N–H and O–H groups in total. The van der Waals surface area contributed by atoms with Crippen molar-refractivity contribution >= 4 is 11.8 Å². The minimum absolute atomic E-state index is 0.146. The van der Waals surface area contributed by atoms with E-state index in [1.54, 1.807) is 21.0 Å². The van der Waals surface area contributed by atoms with Crippen molar-refractivity contribution in [3.63, 3.8) is 0 Å². The molecule has 0 aromatic carbocycles. The van der Waals surface area contributed by atoms with Crippen LogP contribution in [0.1, 0.15) is 54.4 Å². The molecule has 0 atom stereocenters. The molecule has 0 radical (unpaired) electrons. The van der Waals surface area contributed by atoms with E-state index in [2.05, 4.69) is 15.4 Å². The van der Waals surface area contributed by atoms with Gasteiger partial charge in [0.15, 0.2) is 5.69 Å². The van der Waals surface area contributed by atoms with Gasteiger partial charge in [-0.3, -0.25) is 14.5 Å². The first kappa shape index (κ1) is 22.7. The molecule has 0 unspecified atom stereocenters. The van der Waals surface area contributed by atoms with Gasteiger partial charge in [-0.2, -0.15) is 0 Å². The van der Waals surface area contributed by atoms with E-state index in [0.29, 0.717) is 42.3 Å². The molecule has 2 fully saturated rings. The molecular formula is C21H34N4O5. The molecule has 0 aliphatic carbocycles. The number of aromatic nitrogens is 1. The summed E-state index contributed by atoms with van der Waals surface area (Å²) < 4.78 is 15.9. The zero-order valence-corrected chi connectivity index (χ0v) is 18.3. The Kier molecular flexibility index (Phi) is 8.24. The van der Waals surface area contributed by atoms with Gasteiger partial charge >= 0.3 is 0 Å². The summed E-state index contributed by atoms with van der Waals surface area (Å²) in [7, 11) is 1.58. The number of methoxy groups -OCH3 is 1. The Balaban J connectivity index is 1.58. The largest absolute Gasteiger partial charge is 0.381 e. The van der Waals surface area contributed by atoms with Crippen molar-refractivity contribution < 1.29 is 23.6 Å². The van der Waals surface area contributed by atoms with Gasteiger partial charge in [0.25, 0.3) is 5.91 Å². The molecule has 2 aliphatic rings. The van der Waals surface area contributed by atoms with Gasteiger partial charge in [-0.15, -0.1) is 0 Å². The standard InChI is InChI=1S/C21H34N4O5/c1-15-19(14-28-3)20(23-30-15)21(27)22-8-11-25(18-6-12-29-13-7-18)17-4-9-24(10-5-17)16(2)26/h17-18H,4-14H2,1-3H3,(H,22,27). The van der Waals surface area contributed by atoms with Gasteiger partial charge in [0, 0.05) is 65.5 Å². The Morgan fingerprint density at radius 2 is 1.87 bits per heavy atom. The van der Waals surface area contributed by atoms with Crippen LogP contribution in [0.2, 0.25) is 0 Å². The third-order valence-corrected chi connectivity index (χ3v) is 6.18. The Bertz CT molecular complexity index is 708. The van der Waals surface area contributed by atoms with E-state index in [1.807, 2.05) is 4.90 Å². The van der Waals surface area contributed by atoms with E-state index in [-0.39, 0.29) is 11.8 Å². The van der Waals surface area contributed by atoms with Crippen LogP contribution >= 0.6 is 0 Å². The predicted molar refractivity (Wildman–Crippen MR) is 110 cm³/mol. The number of nitrogens with one attached hydrogen (secondary N) is 1. The molecule has 2 aliphatic heterocycles. The number of hydrogen-bond donors (Lipinski definition) is 1. The molecule has 0 saturated carbocycles. The number of hydrogen-bond acceptors (Lipinski definition) is 7. The first-order chi connectivity index (χ1) is 14.5. The van der Waals surface area contributed by atoms with Crippen LogP contribution in [0.3, 0.4) is 0 Å². The van der Waals surface area contributed by atoms with E-state index >= 15 is 0 Å². The molecular weight excluding hydrogens is 388 g/mol. The third kappa shape index (κ3) is 5.59. The number of carbonyl (C=O) groups is 2. The monoisotopic (exact) mass is 422 g/mol. The van der Waals surface area contributed by atoms with Crippen molar-refractivity contribution in [3.05, 3.63) is 17.0 Å². The smallest absolute Gasteiger partial charge is 0.273 e. The highest BCUT2D eigenvalue weighted by Gasteiger charge is 2.31. The zero-order valence-electron chi connectivity index (χ0n) is 18.3. The number of aryl methyl sites for hydroxylation is 1. The molecule has 1 aromatic heterocycles. The second-order valence-corrected chi connectivity index (χ2v) is 8.07. The highest BCUT2D eigenvalue weighted by molar-refractivity contribution is 5.93. The van der Waals surface area contributed by atoms with Crippen molar-refractivity contribution in [2.24, 2.45) is 0 Å². The van der Waals surface area contributed by atoms with Crippen LogP contribution in [0.5, 0.6) is 0 Å². The normalized spacial score (nSPS) is 18.7. The van der Waals surface area contributed by atoms with Crippen molar-refractivity contribution in [1.29, 1.82) is 0 Å². The van der Waals surface area contributed by atoms with E-state index in [4.69, 9.17) is 14.0 Å². The van der Waals surface area contributed by atoms with Crippen LogP contribution in [0.4, 0.5) is 0 Å². The van der Waals surface area contributed by atoms with Gasteiger partial charge < -0.3 is 24.2 Å². The van der Waals surface area contributed by atoms with Crippen LogP contribution in [-0.4, -0.2) is 85.4 Å². The summed E-state index contributed by atoms with van der Waals surface area (Å²) in [5.41, 5.74) is 0.981. The number of nitrogens with zero attached hydrogens (tertiary/aromatic N) is 3. The molecule has 1 aromatic rings. The second kappa shape index (κ2) is 10.9. The molecule has 3 rings (SSSR count). The highest BCUT2D eigenvalue weighted by atomic mass is 16.5. The fraction of sp³-hybridized carbons (Fsp3) is 0.762. The predicted octanol–water partition coefficient (Wildman–Crippen LogP) is 1.35. The van der Waals surface area contributed by atoms with Gasteiger partial charge in [-0.05, 0) is 32.6 Å². The Hall–Kier alpha value is -1.97. The Morgan fingerprint density at radius 1 is 1.20 bits per heavy atom. The minimum atomic E-state index is -0.239. The highest BCUT2D eigenvalue weighted by Crippen LogP contribution is 2.23. The van der Waals surface area contributed by atoms with Crippen LogP contribution in [0.15, 0.2) is 4.52 Å². The molecule has 0 spiro atoms. The fourth-order valence-electron chi connectivity index (χ4n) is 4.46. The maximum Gasteiger partial charge on any atom is 0.273 e. The van der Waals surface area contributed by atoms with Crippen LogP contribution < -0.4 is 5.32 Å². The number of piperidine rings is 1. The summed E-state index contributed by atoms with van der Waals surface area (Å²) in [4.78, 5) is 28.7. The number of rotatable bonds is 8. The van der Waals surface area contributed by atoms with E-state index in [9.17, 15) is 9.59 Å². The molecule has 168 valence electrons. The van der Waals surface area contributed by atoms with Gasteiger partial charge in [0.2, 0.25) is 5.91 Å². The molecule has 2 amide bonds. The Morgan fingerprint density at radius 3 is 2.50 bits per heavy atom. The molecule has 30 heavy (non-hydrogen) atoms. The van der Waals surface area contributed by atoms with Gasteiger partial charge in [0.1, 0.15) is 5.76 Å². The SMILES string of the molecule is COCc1c(C(=O)NCCN(C2CCOCC2)C2CCN(C(C)=O)CC2)noc1C. The lowest BCUT2D eigenvalue weighted by Gasteiger charge is -2.43. The topological polar surface area (TPSA) is 97.1 Å².